The van der Waals surface area contributed by atoms with Crippen LogP contribution < -0.4 is 5.32 Å². The molecule has 3 fully saturated rings. The van der Waals surface area contributed by atoms with Gasteiger partial charge in [-0.25, -0.2) is 0 Å². The van der Waals surface area contributed by atoms with E-state index < -0.39 is 95.8 Å². The number of fused-ring (bicyclic) bond motifs is 2. The first-order chi connectivity index (χ1) is 22.7. The highest BCUT2D eigenvalue weighted by Crippen LogP contribution is 2.48. The molecule has 2 bridgehead atoms. The topological polar surface area (TPSA) is 175 Å². The van der Waals surface area contributed by atoms with Crippen molar-refractivity contribution in [2.24, 2.45) is 17.8 Å². The molecule has 0 amide bonds. The Hall–Kier alpha value is -1.39. The summed E-state index contributed by atoms with van der Waals surface area (Å²) in [6.45, 7) is 17.9. The van der Waals surface area contributed by atoms with E-state index in [2.05, 4.69) is 5.32 Å². The van der Waals surface area contributed by atoms with E-state index in [1.807, 2.05) is 34.6 Å². The van der Waals surface area contributed by atoms with Crippen molar-refractivity contribution in [3.8, 4) is 0 Å². The molecule has 0 aromatic rings. The maximum atomic E-state index is 14.2. The van der Waals surface area contributed by atoms with E-state index in [0.29, 0.717) is 18.6 Å². The normalized spacial score (nSPS) is 47.1. The minimum Gasteiger partial charge on any atom is -0.488 e. The number of carbonyl (C=O) groups excluding carboxylic acids is 1. The first-order valence-corrected chi connectivity index (χ1v) is 17.9. The van der Waals surface area contributed by atoms with Gasteiger partial charge in [-0.1, -0.05) is 20.8 Å². The van der Waals surface area contributed by atoms with Gasteiger partial charge in [0.1, 0.15) is 41.4 Å². The minimum absolute atomic E-state index is 0.174. The largest absolute Gasteiger partial charge is 0.488 e. The first kappa shape index (κ1) is 40.4. The number of ether oxygens (including phenoxy) is 7. The van der Waals surface area contributed by atoms with Gasteiger partial charge in [-0.15, -0.1) is 0 Å². The number of hydrogen-bond acceptors (Lipinski definition) is 13. The molecule has 0 aromatic heterocycles. The van der Waals surface area contributed by atoms with Crippen LogP contribution in [0.2, 0.25) is 0 Å². The molecule has 3 saturated heterocycles. The van der Waals surface area contributed by atoms with E-state index in [4.69, 9.17) is 33.2 Å². The third-order valence-electron chi connectivity index (χ3n) is 11.7. The molecular formula is C36H63NO12. The first-order valence-electron chi connectivity index (χ1n) is 17.9. The van der Waals surface area contributed by atoms with Gasteiger partial charge in [0.2, 0.25) is 0 Å². The Bertz CT molecular complexity index is 1180. The van der Waals surface area contributed by atoms with Gasteiger partial charge in [0.15, 0.2) is 12.6 Å². The Morgan fingerprint density at radius 3 is 2.33 bits per heavy atom. The highest BCUT2D eigenvalue weighted by Gasteiger charge is 2.56. The molecule has 5 N–H and O–H groups in total. The molecule has 4 rings (SSSR count). The number of cyclic esters (lactones) is 1. The molecule has 0 radical (unpaired) electrons. The van der Waals surface area contributed by atoms with Crippen molar-refractivity contribution in [3.63, 3.8) is 0 Å². The maximum Gasteiger partial charge on any atom is 0.311 e. The third kappa shape index (κ3) is 7.86. The van der Waals surface area contributed by atoms with Crippen LogP contribution in [0.4, 0.5) is 0 Å². The van der Waals surface area contributed by atoms with E-state index in [0.717, 1.165) is 5.57 Å². The summed E-state index contributed by atoms with van der Waals surface area (Å²) in [4.78, 5) is 14.2. The lowest BCUT2D eigenvalue weighted by Gasteiger charge is -2.48. The van der Waals surface area contributed by atoms with Crippen molar-refractivity contribution in [3.05, 3.63) is 11.3 Å². The molecule has 13 nitrogen and oxygen atoms in total. The van der Waals surface area contributed by atoms with E-state index in [1.54, 1.807) is 34.7 Å². The molecule has 4 aliphatic rings. The van der Waals surface area contributed by atoms with E-state index in [-0.39, 0.29) is 25.0 Å². The molecule has 0 unspecified atom stereocenters. The number of hydrogen-bond donors (Lipinski definition) is 5. The number of aliphatic hydroxyl groups is 4. The highest BCUT2D eigenvalue weighted by atomic mass is 16.7. The summed E-state index contributed by atoms with van der Waals surface area (Å²) in [6, 6.07) is -0.274. The Morgan fingerprint density at radius 1 is 1.08 bits per heavy atom. The fourth-order valence-corrected chi connectivity index (χ4v) is 8.52. The molecule has 49 heavy (non-hydrogen) atoms. The molecule has 0 spiro atoms. The van der Waals surface area contributed by atoms with Crippen molar-refractivity contribution in [1.29, 1.82) is 0 Å². The number of likely N-dealkylation sites (N-methyl/N-ethyl adjacent to an activating group) is 1. The predicted octanol–water partition coefficient (Wildman–Crippen LogP) is 2.55. The molecule has 0 aromatic carbocycles. The van der Waals surface area contributed by atoms with Gasteiger partial charge in [0.25, 0.3) is 0 Å². The molecule has 4 heterocycles. The lowest BCUT2D eigenvalue weighted by Crippen LogP contribution is -2.60. The Kier molecular flexibility index (Phi) is 12.6. The van der Waals surface area contributed by atoms with Crippen LogP contribution in [-0.2, 0) is 38.0 Å². The second-order valence-corrected chi connectivity index (χ2v) is 15.7. The van der Waals surface area contributed by atoms with Gasteiger partial charge in [-0.2, -0.15) is 0 Å². The lowest BCUT2D eigenvalue weighted by atomic mass is 9.78. The SMILES string of the molecule is CC[C@@H](O)[C@@](C)(O)[C@H]1OC(=O)[C@H](C)[C@@H](O[C@H]2C[C@@](C)(OC)[C@@H](O)[C@H](C)O2)[C@H](C)[C@@H](O[C@@H]2O[C@H](C)C[C@H](NC)[C@H]2O)[C@@]2(C)CC(C)=C(O2)[C@@H]1C. The molecule has 0 saturated carbocycles. The van der Waals surface area contributed by atoms with Crippen molar-refractivity contribution in [2.45, 2.75) is 179 Å². The van der Waals surface area contributed by atoms with Crippen molar-refractivity contribution >= 4 is 5.97 Å². The molecule has 0 aliphatic carbocycles. The second-order valence-electron chi connectivity index (χ2n) is 15.7. The maximum absolute atomic E-state index is 14.2. The summed E-state index contributed by atoms with van der Waals surface area (Å²) in [7, 11) is 3.31. The number of rotatable bonds is 9. The zero-order valence-electron chi connectivity index (χ0n) is 31.5. The molecule has 17 atom stereocenters. The highest BCUT2D eigenvalue weighted by molar-refractivity contribution is 5.73. The number of methoxy groups -OCH3 is 1. The van der Waals surface area contributed by atoms with Crippen molar-refractivity contribution in [2.75, 3.05) is 14.2 Å². The zero-order valence-corrected chi connectivity index (χ0v) is 31.5. The van der Waals surface area contributed by atoms with Gasteiger partial charge < -0.3 is 58.9 Å². The third-order valence-corrected chi connectivity index (χ3v) is 11.7. The second kappa shape index (κ2) is 15.3. The van der Waals surface area contributed by atoms with Gasteiger partial charge in [0.05, 0.1) is 41.9 Å². The fraction of sp³-hybridized carbons (Fsp3) is 0.917. The Labute approximate surface area is 291 Å². The minimum atomic E-state index is -1.82. The zero-order chi connectivity index (χ0) is 36.8. The monoisotopic (exact) mass is 701 g/mol. The quantitative estimate of drug-likeness (QED) is 0.222. The van der Waals surface area contributed by atoms with Crippen LogP contribution in [0.3, 0.4) is 0 Å². The van der Waals surface area contributed by atoms with E-state index in [1.165, 1.54) is 14.0 Å². The van der Waals surface area contributed by atoms with Crippen LogP contribution in [0.25, 0.3) is 0 Å². The summed E-state index contributed by atoms with van der Waals surface area (Å²) in [6.07, 6.45) is -7.29. The summed E-state index contributed by atoms with van der Waals surface area (Å²) < 4.78 is 44.6. The molecule has 4 aliphatic heterocycles. The lowest BCUT2D eigenvalue weighted by molar-refractivity contribution is -0.314. The predicted molar refractivity (Wildman–Crippen MR) is 179 cm³/mol. The average molecular weight is 702 g/mol. The Balaban J connectivity index is 1.82. The summed E-state index contributed by atoms with van der Waals surface area (Å²) in [5, 5.41) is 48.1. The van der Waals surface area contributed by atoms with Crippen LogP contribution in [0, 0.1) is 17.8 Å². The van der Waals surface area contributed by atoms with Crippen LogP contribution in [-0.4, -0.2) is 125 Å². The Morgan fingerprint density at radius 2 is 1.73 bits per heavy atom. The molecule has 13 heteroatoms. The van der Waals surface area contributed by atoms with Crippen LogP contribution in [0.1, 0.15) is 94.9 Å². The summed E-state index contributed by atoms with van der Waals surface area (Å²) in [5.74, 6) is -2.26. The van der Waals surface area contributed by atoms with Crippen molar-refractivity contribution < 1.29 is 58.4 Å². The summed E-state index contributed by atoms with van der Waals surface area (Å²) in [5.41, 5.74) is -2.95. The van der Waals surface area contributed by atoms with Gasteiger partial charge in [-0.3, -0.25) is 4.79 Å². The standard InChI is InChI=1S/C36H63NO12/c1-13-24(38)36(10,42)31-19(4)27-17(2)15-35(9,49-27)30(48-33-26(39)23(37-11)14-18(3)44-33)20(5)28(21(6)32(41)47-31)46-25-16-34(8,43-12)29(40)22(7)45-25/h18-26,28-31,33,37-40,42H,13-16H2,1-12H3/t18-,19+,20+,21-,22+,23+,24-,25+,26-,28+,29+,30-,31+,33+,34-,35-,36-/m1/s1. The van der Waals surface area contributed by atoms with Crippen LogP contribution in [0.5, 0.6) is 0 Å². The number of esters is 1. The number of nitrogens with one attached hydrogen (secondary N) is 1. The van der Waals surface area contributed by atoms with Crippen LogP contribution >= 0.6 is 0 Å². The average Bonchev–Trinajstić information content (AvgIpc) is 3.37. The summed E-state index contributed by atoms with van der Waals surface area (Å²) >= 11 is 0. The van der Waals surface area contributed by atoms with E-state index in [9.17, 15) is 25.2 Å². The van der Waals surface area contributed by atoms with Crippen LogP contribution in [0.15, 0.2) is 11.3 Å². The van der Waals surface area contributed by atoms with Crippen molar-refractivity contribution in [1.82, 2.24) is 5.32 Å². The van der Waals surface area contributed by atoms with Gasteiger partial charge >= 0.3 is 5.97 Å². The van der Waals surface area contributed by atoms with E-state index >= 15 is 0 Å². The smallest absolute Gasteiger partial charge is 0.311 e. The molecular weight excluding hydrogens is 638 g/mol. The molecule has 284 valence electrons. The van der Waals surface area contributed by atoms with Gasteiger partial charge in [-0.05, 0) is 73.9 Å². The number of carbonyl (C=O) groups is 1. The fourth-order valence-electron chi connectivity index (χ4n) is 8.52. The number of aliphatic hydroxyl groups excluding tert-OH is 3. The van der Waals surface area contributed by atoms with Gasteiger partial charge in [0, 0.05) is 31.9 Å².